The van der Waals surface area contributed by atoms with E-state index in [0.717, 1.165) is 31.6 Å². The summed E-state index contributed by atoms with van der Waals surface area (Å²) in [4.78, 5) is 2.08. The van der Waals surface area contributed by atoms with E-state index in [1.807, 2.05) is 6.08 Å². The second-order valence-corrected chi connectivity index (χ2v) is 2.66. The monoisotopic (exact) mass is 166 g/mol. The molecule has 2 heteroatoms. The number of nitriles is 1. The van der Waals surface area contributed by atoms with E-state index in [1.54, 1.807) is 0 Å². The molecule has 0 bridgehead atoms. The molecule has 0 aromatic rings. The maximum absolute atomic E-state index is 8.83. The van der Waals surface area contributed by atoms with Crippen LogP contribution in [0, 0.1) is 11.3 Å². The van der Waals surface area contributed by atoms with E-state index in [-0.39, 0.29) is 0 Å². The zero-order valence-electron chi connectivity index (χ0n) is 8.30. The lowest BCUT2D eigenvalue weighted by Gasteiger charge is -2.19. The number of nitrogens with zero attached hydrogens (tertiary/aromatic N) is 2. The lowest BCUT2D eigenvalue weighted by atomic mass is 10.2. The molecule has 0 spiro atoms. The third-order valence-electron chi connectivity index (χ3n) is 1.85. The highest BCUT2D eigenvalue weighted by Crippen LogP contribution is 2.04. The average Bonchev–Trinajstić information content (AvgIpc) is 2.12. The van der Waals surface area contributed by atoms with Crippen LogP contribution >= 0.6 is 0 Å². The lowest BCUT2D eigenvalue weighted by molar-refractivity contribution is 0.395. The van der Waals surface area contributed by atoms with Crippen molar-refractivity contribution in [2.75, 3.05) is 13.1 Å². The molecule has 0 saturated carbocycles. The molecule has 0 unspecified atom stereocenters. The highest BCUT2D eigenvalue weighted by atomic mass is 15.1. The van der Waals surface area contributed by atoms with Crippen molar-refractivity contribution in [1.29, 1.82) is 5.26 Å². The normalized spacial score (nSPS) is 11.0. The number of hydrogen-bond donors (Lipinski definition) is 0. The molecule has 0 aromatic heterocycles. The molecule has 0 radical (unpaired) electrons. The number of allylic oxidation sites excluding steroid dienone is 2. The molecule has 0 aliphatic heterocycles. The summed E-state index contributed by atoms with van der Waals surface area (Å²) in [5.41, 5.74) is 0.821. The SMILES string of the molecule is CCC/C=C(\C#N)N(CC)CC. The van der Waals surface area contributed by atoms with Crippen molar-refractivity contribution in [3.05, 3.63) is 11.8 Å². The smallest absolute Gasteiger partial charge is 0.117 e. The average molecular weight is 166 g/mol. The minimum atomic E-state index is 0.821. The highest BCUT2D eigenvalue weighted by molar-refractivity contribution is 5.18. The van der Waals surface area contributed by atoms with Crippen molar-refractivity contribution in [3.8, 4) is 6.07 Å². The van der Waals surface area contributed by atoms with Crippen molar-refractivity contribution < 1.29 is 0 Å². The molecule has 0 aliphatic carbocycles. The van der Waals surface area contributed by atoms with Crippen molar-refractivity contribution in [1.82, 2.24) is 4.90 Å². The largest absolute Gasteiger partial charge is 0.364 e. The lowest BCUT2D eigenvalue weighted by Crippen LogP contribution is -2.21. The van der Waals surface area contributed by atoms with Gasteiger partial charge in [-0.25, -0.2) is 0 Å². The van der Waals surface area contributed by atoms with E-state index in [9.17, 15) is 0 Å². The second-order valence-electron chi connectivity index (χ2n) is 2.66. The van der Waals surface area contributed by atoms with Crippen LogP contribution in [0.15, 0.2) is 11.8 Å². The maximum atomic E-state index is 8.83. The summed E-state index contributed by atoms with van der Waals surface area (Å²) >= 11 is 0. The summed E-state index contributed by atoms with van der Waals surface area (Å²) in [6.07, 6.45) is 4.12. The molecule has 68 valence electrons. The van der Waals surface area contributed by atoms with Gasteiger partial charge in [0, 0.05) is 13.1 Å². The van der Waals surface area contributed by atoms with Crippen molar-refractivity contribution in [2.24, 2.45) is 0 Å². The van der Waals surface area contributed by atoms with Gasteiger partial charge in [-0.3, -0.25) is 0 Å². The Hall–Kier alpha value is -0.970. The Labute approximate surface area is 75.5 Å². The Bertz CT molecular complexity index is 173. The first-order chi connectivity index (χ1) is 5.79. The summed E-state index contributed by atoms with van der Waals surface area (Å²) in [5, 5.41) is 8.83. The first kappa shape index (κ1) is 11.0. The Morgan fingerprint density at radius 3 is 2.25 bits per heavy atom. The molecule has 0 fully saturated rings. The third kappa shape index (κ3) is 3.43. The van der Waals surface area contributed by atoms with Gasteiger partial charge in [0.05, 0.1) is 0 Å². The Balaban J connectivity index is 4.22. The third-order valence-corrected chi connectivity index (χ3v) is 1.85. The van der Waals surface area contributed by atoms with E-state index in [1.165, 1.54) is 0 Å². The van der Waals surface area contributed by atoms with Gasteiger partial charge in [-0.15, -0.1) is 0 Å². The van der Waals surface area contributed by atoms with Crippen LogP contribution in [-0.4, -0.2) is 18.0 Å². The Kier molecular flexibility index (Phi) is 6.18. The fraction of sp³-hybridized carbons (Fsp3) is 0.700. The highest BCUT2D eigenvalue weighted by Gasteiger charge is 2.02. The standard InChI is InChI=1S/C10H18N2/c1-4-7-8-10(9-11)12(5-2)6-3/h8H,4-7H2,1-3H3/b10-8+. The summed E-state index contributed by atoms with van der Waals surface area (Å²) < 4.78 is 0. The molecule has 0 saturated heterocycles. The van der Waals surface area contributed by atoms with Gasteiger partial charge in [0.2, 0.25) is 0 Å². The molecule has 0 N–H and O–H groups in total. The van der Waals surface area contributed by atoms with Gasteiger partial charge in [-0.1, -0.05) is 19.4 Å². The quantitative estimate of drug-likeness (QED) is 0.587. The first-order valence-electron chi connectivity index (χ1n) is 4.65. The van der Waals surface area contributed by atoms with Gasteiger partial charge in [0.1, 0.15) is 11.8 Å². The van der Waals surface area contributed by atoms with E-state index < -0.39 is 0 Å². The Morgan fingerprint density at radius 1 is 1.33 bits per heavy atom. The van der Waals surface area contributed by atoms with E-state index in [0.29, 0.717) is 0 Å². The molecule has 2 nitrogen and oxygen atoms in total. The minimum absolute atomic E-state index is 0.821. The van der Waals surface area contributed by atoms with Gasteiger partial charge in [-0.05, 0) is 20.3 Å². The van der Waals surface area contributed by atoms with Crippen LogP contribution in [0.5, 0.6) is 0 Å². The van der Waals surface area contributed by atoms with Crippen LogP contribution in [0.3, 0.4) is 0 Å². The molecule has 12 heavy (non-hydrogen) atoms. The Morgan fingerprint density at radius 2 is 1.92 bits per heavy atom. The minimum Gasteiger partial charge on any atom is -0.364 e. The molecular weight excluding hydrogens is 148 g/mol. The van der Waals surface area contributed by atoms with Gasteiger partial charge >= 0.3 is 0 Å². The number of rotatable bonds is 5. The molecule has 0 atom stereocenters. The van der Waals surface area contributed by atoms with Crippen LogP contribution in [0.4, 0.5) is 0 Å². The number of unbranched alkanes of at least 4 members (excludes halogenated alkanes) is 1. The van der Waals surface area contributed by atoms with Gasteiger partial charge in [0.25, 0.3) is 0 Å². The summed E-state index contributed by atoms with van der Waals surface area (Å²) in [6, 6.07) is 2.23. The van der Waals surface area contributed by atoms with Gasteiger partial charge < -0.3 is 4.90 Å². The second kappa shape index (κ2) is 6.72. The van der Waals surface area contributed by atoms with Gasteiger partial charge in [-0.2, -0.15) is 5.26 Å². The van der Waals surface area contributed by atoms with Crippen LogP contribution in [0.2, 0.25) is 0 Å². The maximum Gasteiger partial charge on any atom is 0.117 e. The predicted octanol–water partition coefficient (Wildman–Crippen LogP) is 2.54. The van der Waals surface area contributed by atoms with Gasteiger partial charge in [0.15, 0.2) is 0 Å². The molecular formula is C10H18N2. The van der Waals surface area contributed by atoms with E-state index in [2.05, 4.69) is 31.7 Å². The number of hydrogen-bond acceptors (Lipinski definition) is 2. The summed E-state index contributed by atoms with van der Waals surface area (Å²) in [7, 11) is 0. The van der Waals surface area contributed by atoms with Crippen LogP contribution in [0.1, 0.15) is 33.6 Å². The van der Waals surface area contributed by atoms with Crippen LogP contribution in [-0.2, 0) is 0 Å². The summed E-state index contributed by atoms with van der Waals surface area (Å²) in [5.74, 6) is 0. The zero-order chi connectivity index (χ0) is 9.40. The fourth-order valence-corrected chi connectivity index (χ4v) is 1.09. The molecule has 0 aromatic carbocycles. The van der Waals surface area contributed by atoms with Crippen LogP contribution < -0.4 is 0 Å². The fourth-order valence-electron chi connectivity index (χ4n) is 1.09. The van der Waals surface area contributed by atoms with E-state index in [4.69, 9.17) is 5.26 Å². The predicted molar refractivity (Wildman–Crippen MR) is 51.5 cm³/mol. The molecule has 0 aliphatic rings. The van der Waals surface area contributed by atoms with Crippen LogP contribution in [0.25, 0.3) is 0 Å². The molecule has 0 rings (SSSR count). The summed E-state index contributed by atoms with van der Waals surface area (Å²) in [6.45, 7) is 8.09. The topological polar surface area (TPSA) is 27.0 Å². The van der Waals surface area contributed by atoms with Crippen molar-refractivity contribution in [3.63, 3.8) is 0 Å². The zero-order valence-corrected chi connectivity index (χ0v) is 8.30. The first-order valence-corrected chi connectivity index (χ1v) is 4.65. The van der Waals surface area contributed by atoms with Crippen molar-refractivity contribution in [2.45, 2.75) is 33.6 Å². The van der Waals surface area contributed by atoms with E-state index >= 15 is 0 Å². The van der Waals surface area contributed by atoms with Crippen molar-refractivity contribution >= 4 is 0 Å². The molecule has 0 amide bonds. The molecule has 0 heterocycles.